The summed E-state index contributed by atoms with van der Waals surface area (Å²) >= 11 is 0. The minimum Gasteiger partial charge on any atom is -0.338 e. The number of nitrogens with zero attached hydrogens (tertiary/aromatic N) is 4. The largest absolute Gasteiger partial charge is 0.338 e. The first kappa shape index (κ1) is 12.8. The molecule has 0 aliphatic carbocycles. The predicted molar refractivity (Wildman–Crippen MR) is 75.4 cm³/mol. The van der Waals surface area contributed by atoms with Crippen molar-refractivity contribution < 1.29 is 0 Å². The molecule has 5 heteroatoms. The highest BCUT2D eigenvalue weighted by atomic mass is 15.3. The molecule has 19 heavy (non-hydrogen) atoms. The Morgan fingerprint density at radius 1 is 1.05 bits per heavy atom. The SMILES string of the molecule is CCc1nnc(N2CCC3CCC(C2)N3)nc1CC. The van der Waals surface area contributed by atoms with Crippen molar-refractivity contribution in [3.05, 3.63) is 11.4 Å². The van der Waals surface area contributed by atoms with Crippen molar-refractivity contribution in [2.45, 2.75) is 58.0 Å². The molecule has 2 unspecified atom stereocenters. The quantitative estimate of drug-likeness (QED) is 0.889. The molecular weight excluding hydrogens is 238 g/mol. The maximum Gasteiger partial charge on any atom is 0.245 e. The van der Waals surface area contributed by atoms with Crippen LogP contribution in [0.3, 0.4) is 0 Å². The van der Waals surface area contributed by atoms with E-state index >= 15 is 0 Å². The molecule has 1 N–H and O–H groups in total. The summed E-state index contributed by atoms with van der Waals surface area (Å²) < 4.78 is 0. The molecule has 0 aromatic carbocycles. The molecule has 2 aliphatic heterocycles. The number of fused-ring (bicyclic) bond motifs is 2. The van der Waals surface area contributed by atoms with E-state index in [1.54, 1.807) is 0 Å². The van der Waals surface area contributed by atoms with E-state index in [9.17, 15) is 0 Å². The molecule has 1 aromatic rings. The van der Waals surface area contributed by atoms with Gasteiger partial charge in [0.25, 0.3) is 0 Å². The normalized spacial score (nSPS) is 26.5. The average Bonchev–Trinajstić information content (AvgIpc) is 2.77. The van der Waals surface area contributed by atoms with Crippen LogP contribution in [0.15, 0.2) is 0 Å². The third-order valence-corrected chi connectivity index (χ3v) is 4.30. The lowest BCUT2D eigenvalue weighted by atomic mass is 10.1. The lowest BCUT2D eigenvalue weighted by Gasteiger charge is -2.24. The van der Waals surface area contributed by atoms with Gasteiger partial charge in [-0.2, -0.15) is 5.10 Å². The summed E-state index contributed by atoms with van der Waals surface area (Å²) in [6.45, 7) is 6.31. The van der Waals surface area contributed by atoms with E-state index in [0.717, 1.165) is 43.3 Å². The molecule has 2 saturated heterocycles. The topological polar surface area (TPSA) is 53.9 Å². The lowest BCUT2D eigenvalue weighted by Crippen LogP contribution is -2.36. The molecule has 0 amide bonds. The lowest BCUT2D eigenvalue weighted by molar-refractivity contribution is 0.563. The highest BCUT2D eigenvalue weighted by Crippen LogP contribution is 2.22. The zero-order valence-corrected chi connectivity index (χ0v) is 11.9. The Kier molecular flexibility index (Phi) is 3.64. The molecule has 0 saturated carbocycles. The van der Waals surface area contributed by atoms with E-state index in [4.69, 9.17) is 4.98 Å². The summed E-state index contributed by atoms with van der Waals surface area (Å²) in [4.78, 5) is 7.04. The van der Waals surface area contributed by atoms with Crippen LogP contribution in [0.4, 0.5) is 5.95 Å². The fourth-order valence-corrected chi connectivity index (χ4v) is 3.19. The highest BCUT2D eigenvalue weighted by molar-refractivity contribution is 5.31. The number of aromatic nitrogens is 3. The van der Waals surface area contributed by atoms with Gasteiger partial charge in [0.05, 0.1) is 11.4 Å². The summed E-state index contributed by atoms with van der Waals surface area (Å²) in [6.07, 6.45) is 5.64. The van der Waals surface area contributed by atoms with E-state index in [1.165, 1.54) is 19.3 Å². The Hall–Kier alpha value is -1.23. The molecular formula is C14H23N5. The number of aryl methyl sites for hydroxylation is 2. The van der Waals surface area contributed by atoms with Crippen LogP contribution in [0.25, 0.3) is 0 Å². The first-order valence-corrected chi connectivity index (χ1v) is 7.53. The van der Waals surface area contributed by atoms with Gasteiger partial charge in [-0.25, -0.2) is 4.98 Å². The van der Waals surface area contributed by atoms with Gasteiger partial charge in [-0.3, -0.25) is 0 Å². The van der Waals surface area contributed by atoms with Crippen LogP contribution in [0, 0.1) is 0 Å². The third-order valence-electron chi connectivity index (χ3n) is 4.30. The molecule has 5 nitrogen and oxygen atoms in total. The summed E-state index contributed by atoms with van der Waals surface area (Å²) in [7, 11) is 0. The van der Waals surface area contributed by atoms with Crippen LogP contribution in [0.1, 0.15) is 44.5 Å². The van der Waals surface area contributed by atoms with E-state index in [-0.39, 0.29) is 0 Å². The number of hydrogen-bond acceptors (Lipinski definition) is 5. The molecule has 3 rings (SSSR count). The van der Waals surface area contributed by atoms with Crippen molar-refractivity contribution in [3.63, 3.8) is 0 Å². The third kappa shape index (κ3) is 2.56. The second-order valence-corrected chi connectivity index (χ2v) is 5.58. The molecule has 2 fully saturated rings. The Morgan fingerprint density at radius 3 is 2.63 bits per heavy atom. The summed E-state index contributed by atoms with van der Waals surface area (Å²) in [5, 5.41) is 12.4. The van der Waals surface area contributed by atoms with Crippen molar-refractivity contribution >= 4 is 5.95 Å². The first-order valence-electron chi connectivity index (χ1n) is 7.53. The Balaban J connectivity index is 1.81. The van der Waals surface area contributed by atoms with E-state index in [1.807, 2.05) is 0 Å². The smallest absolute Gasteiger partial charge is 0.245 e. The van der Waals surface area contributed by atoms with Crippen LogP contribution >= 0.6 is 0 Å². The van der Waals surface area contributed by atoms with Crippen LogP contribution in [0.5, 0.6) is 0 Å². The molecule has 3 heterocycles. The van der Waals surface area contributed by atoms with Crippen molar-refractivity contribution in [3.8, 4) is 0 Å². The molecule has 2 aliphatic rings. The van der Waals surface area contributed by atoms with Gasteiger partial charge in [0.15, 0.2) is 0 Å². The van der Waals surface area contributed by atoms with Crippen molar-refractivity contribution in [1.82, 2.24) is 20.5 Å². The zero-order valence-electron chi connectivity index (χ0n) is 11.9. The number of hydrogen-bond donors (Lipinski definition) is 1. The fourth-order valence-electron chi connectivity index (χ4n) is 3.19. The van der Waals surface area contributed by atoms with Crippen molar-refractivity contribution in [1.29, 1.82) is 0 Å². The summed E-state index contributed by atoms with van der Waals surface area (Å²) in [5.74, 6) is 0.823. The minimum atomic E-state index is 0.604. The maximum atomic E-state index is 4.74. The molecule has 0 radical (unpaired) electrons. The van der Waals surface area contributed by atoms with Gasteiger partial charge in [0, 0.05) is 25.2 Å². The van der Waals surface area contributed by atoms with Crippen LogP contribution < -0.4 is 10.2 Å². The molecule has 0 spiro atoms. The Morgan fingerprint density at radius 2 is 1.84 bits per heavy atom. The van der Waals surface area contributed by atoms with Crippen LogP contribution in [-0.2, 0) is 12.8 Å². The molecule has 2 bridgehead atoms. The number of rotatable bonds is 3. The van der Waals surface area contributed by atoms with Gasteiger partial charge in [-0.1, -0.05) is 13.8 Å². The molecule has 1 aromatic heterocycles. The summed E-state index contributed by atoms with van der Waals surface area (Å²) in [6, 6.07) is 1.30. The number of anilines is 1. The zero-order chi connectivity index (χ0) is 13.2. The van der Waals surface area contributed by atoms with Gasteiger partial charge in [0.2, 0.25) is 5.95 Å². The van der Waals surface area contributed by atoms with E-state index in [0.29, 0.717) is 12.1 Å². The fraction of sp³-hybridized carbons (Fsp3) is 0.786. The number of nitrogens with one attached hydrogen (secondary N) is 1. The van der Waals surface area contributed by atoms with Gasteiger partial charge in [-0.05, 0) is 32.1 Å². The molecule has 2 atom stereocenters. The van der Waals surface area contributed by atoms with E-state index in [2.05, 4.69) is 34.3 Å². The van der Waals surface area contributed by atoms with Gasteiger partial charge in [-0.15, -0.1) is 5.10 Å². The second-order valence-electron chi connectivity index (χ2n) is 5.58. The summed E-state index contributed by atoms with van der Waals surface area (Å²) in [5.41, 5.74) is 2.15. The second kappa shape index (κ2) is 5.41. The van der Waals surface area contributed by atoms with Crippen LogP contribution in [0.2, 0.25) is 0 Å². The first-order chi connectivity index (χ1) is 9.30. The van der Waals surface area contributed by atoms with Gasteiger partial charge >= 0.3 is 0 Å². The average molecular weight is 261 g/mol. The van der Waals surface area contributed by atoms with Crippen molar-refractivity contribution in [2.75, 3.05) is 18.0 Å². The standard InChI is InChI=1S/C14H23N5/c1-3-12-13(4-2)17-18-14(16-12)19-8-7-10-5-6-11(9-19)15-10/h10-11,15H,3-9H2,1-2H3. The van der Waals surface area contributed by atoms with Gasteiger partial charge in [0.1, 0.15) is 0 Å². The Labute approximate surface area is 114 Å². The predicted octanol–water partition coefficient (Wildman–Crippen LogP) is 1.33. The minimum absolute atomic E-state index is 0.604. The van der Waals surface area contributed by atoms with Gasteiger partial charge < -0.3 is 10.2 Å². The maximum absolute atomic E-state index is 4.74. The Bertz CT molecular complexity index is 447. The van der Waals surface area contributed by atoms with Crippen LogP contribution in [-0.4, -0.2) is 40.4 Å². The molecule has 104 valence electrons. The van der Waals surface area contributed by atoms with E-state index < -0.39 is 0 Å². The monoisotopic (exact) mass is 261 g/mol. The highest BCUT2D eigenvalue weighted by Gasteiger charge is 2.30. The van der Waals surface area contributed by atoms with Crippen molar-refractivity contribution in [2.24, 2.45) is 0 Å².